The highest BCUT2D eigenvalue weighted by atomic mass is 16.4. The average Bonchev–Trinajstić information content (AvgIpc) is 2.77. The van der Waals surface area contributed by atoms with E-state index in [-0.39, 0.29) is 5.92 Å². The molecule has 0 fully saturated rings. The molecule has 1 atom stereocenters. The Kier molecular flexibility index (Phi) is 5.17. The minimum atomic E-state index is -1.02. The fourth-order valence-electron chi connectivity index (χ4n) is 1.46. The number of hydrogen-bond acceptors (Lipinski definition) is 3. The van der Waals surface area contributed by atoms with Gasteiger partial charge < -0.3 is 14.8 Å². The minimum Gasteiger partial charge on any atom is -0.480 e. The van der Waals surface area contributed by atoms with Gasteiger partial charge in [0.25, 0.3) is 0 Å². The van der Waals surface area contributed by atoms with Gasteiger partial charge in [0.05, 0.1) is 6.26 Å². The number of carbonyl (C=O) groups excluding carboxylic acids is 1. The van der Waals surface area contributed by atoms with Crippen molar-refractivity contribution in [1.82, 2.24) is 5.32 Å². The van der Waals surface area contributed by atoms with Crippen LogP contribution in [0.15, 0.2) is 28.9 Å². The molecule has 0 unspecified atom stereocenters. The first-order valence-corrected chi connectivity index (χ1v) is 5.74. The molecule has 0 aromatic carbocycles. The highest BCUT2D eigenvalue weighted by Gasteiger charge is 2.19. The summed E-state index contributed by atoms with van der Waals surface area (Å²) in [6.07, 6.45) is 4.64. The SMILES string of the molecule is CC(C)C[C@@H](NC(=O)C=Cc1ccco1)C(=O)O. The van der Waals surface area contributed by atoms with Crippen LogP contribution in [0.4, 0.5) is 0 Å². The first-order chi connectivity index (χ1) is 8.49. The highest BCUT2D eigenvalue weighted by molar-refractivity contribution is 5.94. The van der Waals surface area contributed by atoms with Gasteiger partial charge >= 0.3 is 5.97 Å². The summed E-state index contributed by atoms with van der Waals surface area (Å²) in [4.78, 5) is 22.5. The molecule has 0 aliphatic carbocycles. The maximum atomic E-state index is 11.5. The second-order valence-electron chi connectivity index (χ2n) is 4.38. The molecule has 1 aromatic rings. The maximum Gasteiger partial charge on any atom is 0.326 e. The van der Waals surface area contributed by atoms with Gasteiger partial charge in [-0.05, 0) is 30.5 Å². The topological polar surface area (TPSA) is 79.5 Å². The van der Waals surface area contributed by atoms with E-state index in [1.165, 1.54) is 18.4 Å². The van der Waals surface area contributed by atoms with Gasteiger partial charge in [0.15, 0.2) is 0 Å². The Hall–Kier alpha value is -2.04. The quantitative estimate of drug-likeness (QED) is 0.757. The van der Waals surface area contributed by atoms with Gasteiger partial charge in [-0.1, -0.05) is 13.8 Å². The van der Waals surface area contributed by atoms with Crippen molar-refractivity contribution >= 4 is 18.0 Å². The van der Waals surface area contributed by atoms with Crippen LogP contribution in [-0.2, 0) is 9.59 Å². The van der Waals surface area contributed by atoms with Crippen molar-refractivity contribution in [2.45, 2.75) is 26.3 Å². The predicted octanol–water partition coefficient (Wildman–Crippen LogP) is 1.91. The Morgan fingerprint density at radius 2 is 2.22 bits per heavy atom. The lowest BCUT2D eigenvalue weighted by Crippen LogP contribution is -2.40. The molecule has 0 aliphatic heterocycles. The van der Waals surface area contributed by atoms with E-state index < -0.39 is 17.9 Å². The van der Waals surface area contributed by atoms with Crippen LogP contribution in [0.1, 0.15) is 26.0 Å². The summed E-state index contributed by atoms with van der Waals surface area (Å²) in [7, 11) is 0. The molecule has 18 heavy (non-hydrogen) atoms. The molecular formula is C13H17NO4. The second-order valence-corrected chi connectivity index (χ2v) is 4.38. The van der Waals surface area contributed by atoms with Gasteiger partial charge in [-0.15, -0.1) is 0 Å². The molecule has 2 N–H and O–H groups in total. The third-order valence-electron chi connectivity index (χ3n) is 2.26. The van der Waals surface area contributed by atoms with Crippen LogP contribution in [0.5, 0.6) is 0 Å². The largest absolute Gasteiger partial charge is 0.480 e. The lowest BCUT2D eigenvalue weighted by Gasteiger charge is -2.15. The summed E-state index contributed by atoms with van der Waals surface area (Å²) in [5.74, 6) is -0.732. The van der Waals surface area contributed by atoms with Crippen molar-refractivity contribution in [3.05, 3.63) is 30.2 Å². The summed E-state index contributed by atoms with van der Waals surface area (Å²) in [5, 5.41) is 11.4. The molecule has 1 heterocycles. The Balaban J connectivity index is 2.53. The predicted molar refractivity (Wildman–Crippen MR) is 66.8 cm³/mol. The number of amides is 1. The van der Waals surface area contributed by atoms with E-state index in [9.17, 15) is 9.59 Å². The zero-order valence-electron chi connectivity index (χ0n) is 10.4. The molecule has 1 rings (SSSR count). The van der Waals surface area contributed by atoms with Crippen molar-refractivity contribution in [1.29, 1.82) is 0 Å². The van der Waals surface area contributed by atoms with E-state index in [0.29, 0.717) is 12.2 Å². The number of carbonyl (C=O) groups is 2. The normalized spacial score (nSPS) is 12.8. The standard InChI is InChI=1S/C13H17NO4/c1-9(2)8-11(13(16)17)14-12(15)6-5-10-4-3-7-18-10/h3-7,9,11H,8H2,1-2H3,(H,14,15)(H,16,17)/t11-/m1/s1. The summed E-state index contributed by atoms with van der Waals surface area (Å²) < 4.78 is 5.02. The van der Waals surface area contributed by atoms with Crippen LogP contribution in [0.3, 0.4) is 0 Å². The Morgan fingerprint density at radius 1 is 1.50 bits per heavy atom. The summed E-state index contributed by atoms with van der Waals surface area (Å²) in [5.41, 5.74) is 0. The molecule has 0 bridgehead atoms. The number of carboxylic acids is 1. The Morgan fingerprint density at radius 3 is 2.72 bits per heavy atom. The summed E-state index contributed by atoms with van der Waals surface area (Å²) in [6.45, 7) is 3.81. The molecule has 5 heteroatoms. The molecule has 1 aromatic heterocycles. The van der Waals surface area contributed by atoms with E-state index in [2.05, 4.69) is 5.32 Å². The number of nitrogens with one attached hydrogen (secondary N) is 1. The zero-order chi connectivity index (χ0) is 13.5. The zero-order valence-corrected chi connectivity index (χ0v) is 10.4. The van der Waals surface area contributed by atoms with Crippen LogP contribution < -0.4 is 5.32 Å². The highest BCUT2D eigenvalue weighted by Crippen LogP contribution is 2.06. The Labute approximate surface area is 105 Å². The van der Waals surface area contributed by atoms with Crippen LogP contribution in [-0.4, -0.2) is 23.0 Å². The molecule has 0 radical (unpaired) electrons. The smallest absolute Gasteiger partial charge is 0.326 e. The third-order valence-corrected chi connectivity index (χ3v) is 2.26. The maximum absolute atomic E-state index is 11.5. The van der Waals surface area contributed by atoms with Gasteiger partial charge in [-0.3, -0.25) is 4.79 Å². The fraction of sp³-hybridized carbons (Fsp3) is 0.385. The number of furan rings is 1. The third kappa shape index (κ3) is 4.86. The number of rotatable bonds is 6. The molecule has 0 aliphatic rings. The molecule has 5 nitrogen and oxygen atoms in total. The lowest BCUT2D eigenvalue weighted by atomic mass is 10.0. The van der Waals surface area contributed by atoms with E-state index in [0.717, 1.165) is 0 Å². The molecular weight excluding hydrogens is 234 g/mol. The van der Waals surface area contributed by atoms with Gasteiger partial charge in [0, 0.05) is 6.08 Å². The van der Waals surface area contributed by atoms with E-state index in [4.69, 9.17) is 9.52 Å². The molecule has 0 saturated heterocycles. The van der Waals surface area contributed by atoms with Crippen LogP contribution >= 0.6 is 0 Å². The van der Waals surface area contributed by atoms with Crippen molar-refractivity contribution in [3.63, 3.8) is 0 Å². The monoisotopic (exact) mass is 251 g/mol. The fourth-order valence-corrected chi connectivity index (χ4v) is 1.46. The summed E-state index contributed by atoms with van der Waals surface area (Å²) in [6, 6.07) is 2.54. The second kappa shape index (κ2) is 6.64. The number of hydrogen-bond donors (Lipinski definition) is 2. The molecule has 0 saturated carbocycles. The van der Waals surface area contributed by atoms with Crippen LogP contribution in [0.2, 0.25) is 0 Å². The number of aliphatic carboxylic acids is 1. The van der Waals surface area contributed by atoms with Crippen LogP contribution in [0.25, 0.3) is 6.08 Å². The minimum absolute atomic E-state index is 0.195. The first-order valence-electron chi connectivity index (χ1n) is 5.74. The molecule has 98 valence electrons. The van der Waals surface area contributed by atoms with Gasteiger partial charge in [-0.25, -0.2) is 4.79 Å². The van der Waals surface area contributed by atoms with Gasteiger partial charge in [0.1, 0.15) is 11.8 Å². The van der Waals surface area contributed by atoms with E-state index in [1.807, 2.05) is 13.8 Å². The first kappa shape index (κ1) is 14.0. The van der Waals surface area contributed by atoms with Gasteiger partial charge in [-0.2, -0.15) is 0 Å². The van der Waals surface area contributed by atoms with Crippen molar-refractivity contribution in [3.8, 4) is 0 Å². The number of carboxylic acid groups (broad SMARTS) is 1. The van der Waals surface area contributed by atoms with Crippen LogP contribution in [0, 0.1) is 5.92 Å². The van der Waals surface area contributed by atoms with E-state index >= 15 is 0 Å². The molecule has 1 amide bonds. The Bertz CT molecular complexity index is 420. The summed E-state index contributed by atoms with van der Waals surface area (Å²) >= 11 is 0. The van der Waals surface area contributed by atoms with Crippen molar-refractivity contribution in [2.75, 3.05) is 0 Å². The van der Waals surface area contributed by atoms with Crippen molar-refractivity contribution in [2.24, 2.45) is 5.92 Å². The lowest BCUT2D eigenvalue weighted by molar-refractivity contribution is -0.141. The average molecular weight is 251 g/mol. The van der Waals surface area contributed by atoms with Gasteiger partial charge in [0.2, 0.25) is 5.91 Å². The van der Waals surface area contributed by atoms with Crippen molar-refractivity contribution < 1.29 is 19.1 Å². The van der Waals surface area contributed by atoms with E-state index in [1.54, 1.807) is 12.1 Å². The molecule has 0 spiro atoms.